The first kappa shape index (κ1) is 10.5. The summed E-state index contributed by atoms with van der Waals surface area (Å²) in [4.78, 5) is 4.22. The topological polar surface area (TPSA) is 50.9 Å². The highest BCUT2D eigenvalue weighted by atomic mass is 16.3. The number of hydrogen-bond donors (Lipinski definition) is 1. The average molecular weight is 229 g/mol. The zero-order chi connectivity index (χ0) is 11.8. The van der Waals surface area contributed by atoms with Crippen molar-refractivity contribution in [2.75, 3.05) is 0 Å². The third kappa shape index (κ3) is 1.74. The molecule has 0 fully saturated rings. The number of benzene rings is 1. The Morgan fingerprint density at radius 3 is 2.94 bits per heavy atom. The van der Waals surface area contributed by atoms with Gasteiger partial charge in [-0.15, -0.1) is 0 Å². The molecule has 0 saturated heterocycles. The number of aryl methyl sites for hydroxylation is 1. The summed E-state index contributed by atoms with van der Waals surface area (Å²) in [6.45, 7) is 0. The van der Waals surface area contributed by atoms with E-state index in [1.807, 2.05) is 25.2 Å². The molecule has 4 heteroatoms. The van der Waals surface area contributed by atoms with Crippen LogP contribution in [0.5, 0.6) is 0 Å². The molecule has 0 radical (unpaired) electrons. The maximum atomic E-state index is 10.3. The Hall–Kier alpha value is -1.68. The minimum Gasteiger partial charge on any atom is -0.388 e. The number of hydrogen-bond acceptors (Lipinski definition) is 3. The lowest BCUT2D eigenvalue weighted by Crippen LogP contribution is -2.13. The van der Waals surface area contributed by atoms with Crippen molar-refractivity contribution in [2.45, 2.75) is 18.9 Å². The van der Waals surface area contributed by atoms with E-state index in [1.165, 1.54) is 5.56 Å². The summed E-state index contributed by atoms with van der Waals surface area (Å²) in [5.74, 6) is 1.15. The van der Waals surface area contributed by atoms with E-state index in [1.54, 1.807) is 11.0 Å². The molecule has 1 aliphatic carbocycles. The standard InChI is InChI=1S/C13H15N3O/c1-16-12(14-8-15-16)7-10-6-9-4-2-3-5-11(9)13(10)17/h2-5,8,10,13,17H,6-7H2,1H3. The van der Waals surface area contributed by atoms with Crippen LogP contribution in [0, 0.1) is 5.92 Å². The van der Waals surface area contributed by atoms with Crippen molar-refractivity contribution in [3.63, 3.8) is 0 Å². The van der Waals surface area contributed by atoms with E-state index >= 15 is 0 Å². The highest BCUT2D eigenvalue weighted by Crippen LogP contribution is 2.37. The second kappa shape index (κ2) is 3.96. The SMILES string of the molecule is Cn1ncnc1CC1Cc2ccccc2C1O. The molecule has 1 N–H and O–H groups in total. The molecule has 17 heavy (non-hydrogen) atoms. The quantitative estimate of drug-likeness (QED) is 0.843. The van der Waals surface area contributed by atoms with Gasteiger partial charge in [-0.1, -0.05) is 24.3 Å². The van der Waals surface area contributed by atoms with Crippen LogP contribution in [0.1, 0.15) is 23.1 Å². The largest absolute Gasteiger partial charge is 0.388 e. The van der Waals surface area contributed by atoms with Gasteiger partial charge in [0.25, 0.3) is 0 Å². The van der Waals surface area contributed by atoms with Gasteiger partial charge in [0.15, 0.2) is 0 Å². The van der Waals surface area contributed by atoms with E-state index in [9.17, 15) is 5.11 Å². The minimum absolute atomic E-state index is 0.218. The van der Waals surface area contributed by atoms with Crippen LogP contribution < -0.4 is 0 Å². The van der Waals surface area contributed by atoms with Crippen LogP contribution in [-0.4, -0.2) is 19.9 Å². The highest BCUT2D eigenvalue weighted by Gasteiger charge is 2.31. The van der Waals surface area contributed by atoms with Crippen LogP contribution in [0.3, 0.4) is 0 Å². The summed E-state index contributed by atoms with van der Waals surface area (Å²) in [5.41, 5.74) is 2.33. The Morgan fingerprint density at radius 2 is 2.24 bits per heavy atom. The molecule has 4 nitrogen and oxygen atoms in total. The number of nitrogens with zero attached hydrogens (tertiary/aromatic N) is 3. The summed E-state index contributed by atoms with van der Waals surface area (Å²) in [5, 5.41) is 14.3. The van der Waals surface area contributed by atoms with Crippen LogP contribution >= 0.6 is 0 Å². The lowest BCUT2D eigenvalue weighted by atomic mass is 9.99. The molecule has 0 spiro atoms. The Kier molecular flexibility index (Phi) is 2.44. The molecule has 2 unspecified atom stereocenters. The molecule has 0 aliphatic heterocycles. The Balaban J connectivity index is 1.83. The van der Waals surface area contributed by atoms with Crippen LogP contribution in [0.15, 0.2) is 30.6 Å². The number of aliphatic hydroxyl groups excluding tert-OH is 1. The van der Waals surface area contributed by atoms with Crippen molar-refractivity contribution in [3.05, 3.63) is 47.5 Å². The van der Waals surface area contributed by atoms with Gasteiger partial charge >= 0.3 is 0 Å². The van der Waals surface area contributed by atoms with Crippen LogP contribution in [0.25, 0.3) is 0 Å². The van der Waals surface area contributed by atoms with Gasteiger partial charge in [0, 0.05) is 19.4 Å². The molecule has 1 aromatic heterocycles. The maximum Gasteiger partial charge on any atom is 0.138 e. The maximum absolute atomic E-state index is 10.3. The first-order chi connectivity index (χ1) is 8.25. The number of aromatic nitrogens is 3. The van der Waals surface area contributed by atoms with Crippen molar-refractivity contribution < 1.29 is 5.11 Å². The van der Waals surface area contributed by atoms with Gasteiger partial charge in [-0.2, -0.15) is 5.10 Å². The zero-order valence-electron chi connectivity index (χ0n) is 9.74. The predicted molar refractivity (Wildman–Crippen MR) is 63.3 cm³/mol. The summed E-state index contributed by atoms with van der Waals surface area (Å²) in [7, 11) is 1.89. The van der Waals surface area contributed by atoms with E-state index in [-0.39, 0.29) is 12.0 Å². The number of rotatable bonds is 2. The van der Waals surface area contributed by atoms with E-state index in [0.29, 0.717) is 0 Å². The van der Waals surface area contributed by atoms with Crippen molar-refractivity contribution in [2.24, 2.45) is 13.0 Å². The van der Waals surface area contributed by atoms with Crippen molar-refractivity contribution in [3.8, 4) is 0 Å². The first-order valence-electron chi connectivity index (χ1n) is 5.84. The summed E-state index contributed by atoms with van der Waals surface area (Å²) in [6, 6.07) is 8.11. The third-order valence-electron chi connectivity index (χ3n) is 3.55. The summed E-state index contributed by atoms with van der Waals surface area (Å²) >= 11 is 0. The summed E-state index contributed by atoms with van der Waals surface area (Å²) in [6.07, 6.45) is 2.88. The Morgan fingerprint density at radius 1 is 1.41 bits per heavy atom. The van der Waals surface area contributed by atoms with E-state index in [2.05, 4.69) is 16.1 Å². The van der Waals surface area contributed by atoms with E-state index in [4.69, 9.17) is 0 Å². The normalized spacial score (nSPS) is 22.7. The van der Waals surface area contributed by atoms with Gasteiger partial charge < -0.3 is 5.11 Å². The van der Waals surface area contributed by atoms with Crippen molar-refractivity contribution in [1.82, 2.24) is 14.8 Å². The van der Waals surface area contributed by atoms with Gasteiger partial charge in [0.1, 0.15) is 12.2 Å². The molecule has 0 saturated carbocycles. The molecule has 3 rings (SSSR count). The van der Waals surface area contributed by atoms with Gasteiger partial charge in [-0.25, -0.2) is 4.98 Å². The minimum atomic E-state index is -0.372. The molecule has 2 aromatic rings. The molecule has 88 valence electrons. The van der Waals surface area contributed by atoms with Crippen molar-refractivity contribution in [1.29, 1.82) is 0 Å². The van der Waals surface area contributed by atoms with E-state index in [0.717, 1.165) is 24.2 Å². The fraction of sp³-hybridized carbons (Fsp3) is 0.385. The van der Waals surface area contributed by atoms with Crippen LogP contribution in [-0.2, 0) is 19.9 Å². The molecule has 1 aliphatic rings. The van der Waals surface area contributed by atoms with Crippen LogP contribution in [0.2, 0.25) is 0 Å². The average Bonchev–Trinajstić information content (AvgIpc) is 2.87. The molecule has 0 amide bonds. The monoisotopic (exact) mass is 229 g/mol. The third-order valence-corrected chi connectivity index (χ3v) is 3.55. The summed E-state index contributed by atoms with van der Waals surface area (Å²) < 4.78 is 1.77. The lowest BCUT2D eigenvalue weighted by Gasteiger charge is -2.14. The second-order valence-corrected chi connectivity index (χ2v) is 4.61. The van der Waals surface area contributed by atoms with Crippen molar-refractivity contribution >= 4 is 0 Å². The Labute approximate surface area is 99.9 Å². The smallest absolute Gasteiger partial charge is 0.138 e. The lowest BCUT2D eigenvalue weighted by molar-refractivity contribution is 0.121. The van der Waals surface area contributed by atoms with Gasteiger partial charge in [-0.3, -0.25) is 4.68 Å². The van der Waals surface area contributed by atoms with Gasteiger partial charge in [0.05, 0.1) is 6.10 Å². The molecule has 1 heterocycles. The second-order valence-electron chi connectivity index (χ2n) is 4.61. The Bertz CT molecular complexity index is 535. The molecule has 2 atom stereocenters. The fourth-order valence-electron chi connectivity index (χ4n) is 2.58. The number of aliphatic hydroxyl groups is 1. The zero-order valence-corrected chi connectivity index (χ0v) is 9.74. The van der Waals surface area contributed by atoms with E-state index < -0.39 is 0 Å². The molecular formula is C13H15N3O. The van der Waals surface area contributed by atoms with Crippen LogP contribution in [0.4, 0.5) is 0 Å². The highest BCUT2D eigenvalue weighted by molar-refractivity contribution is 5.34. The fourth-order valence-corrected chi connectivity index (χ4v) is 2.58. The predicted octanol–water partition coefficient (Wildman–Crippen LogP) is 1.26. The molecule has 0 bridgehead atoms. The number of fused-ring (bicyclic) bond motifs is 1. The molecule has 1 aromatic carbocycles. The van der Waals surface area contributed by atoms with Gasteiger partial charge in [-0.05, 0) is 17.5 Å². The molecular weight excluding hydrogens is 214 g/mol. The van der Waals surface area contributed by atoms with Gasteiger partial charge in [0.2, 0.25) is 0 Å². The first-order valence-corrected chi connectivity index (χ1v) is 5.84.